The molecule has 1 heteroatoms. The van der Waals surface area contributed by atoms with E-state index in [1.807, 2.05) is 6.92 Å². The van der Waals surface area contributed by atoms with Crippen LogP contribution in [0.1, 0.15) is 37.5 Å². The Morgan fingerprint density at radius 3 is 2.31 bits per heavy atom. The second-order valence-corrected chi connectivity index (χ2v) is 4.57. The highest BCUT2D eigenvalue weighted by Crippen LogP contribution is 2.26. The number of rotatable bonds is 1. The molecule has 0 radical (unpaired) electrons. The van der Waals surface area contributed by atoms with Gasteiger partial charge in [-0.1, -0.05) is 44.5 Å². The zero-order valence-electron chi connectivity index (χ0n) is 8.89. The van der Waals surface area contributed by atoms with Crippen LogP contribution in [0.5, 0.6) is 0 Å². The Balaban J connectivity index is 3.22. The van der Waals surface area contributed by atoms with Crippen LogP contribution in [-0.4, -0.2) is 5.11 Å². The smallest absolute Gasteiger partial charge is 0.0684 e. The molecule has 1 N–H and O–H groups in total. The van der Waals surface area contributed by atoms with Crippen molar-refractivity contribution < 1.29 is 5.11 Å². The third kappa shape index (κ3) is 2.31. The summed E-state index contributed by atoms with van der Waals surface area (Å²) in [5.41, 5.74) is 3.61. The first-order valence-corrected chi connectivity index (χ1v) is 4.66. The summed E-state index contributed by atoms with van der Waals surface area (Å²) >= 11 is 0. The van der Waals surface area contributed by atoms with Crippen LogP contribution in [0, 0.1) is 6.92 Å². The van der Waals surface area contributed by atoms with Crippen molar-refractivity contribution in [3.63, 3.8) is 0 Å². The quantitative estimate of drug-likeness (QED) is 0.701. The van der Waals surface area contributed by atoms with E-state index in [0.717, 1.165) is 5.56 Å². The number of benzene rings is 1. The molecule has 1 aromatic rings. The lowest BCUT2D eigenvalue weighted by Crippen LogP contribution is -2.14. The molecule has 0 aromatic heterocycles. The molecule has 1 nitrogen and oxygen atoms in total. The number of hydrogen-bond donors (Lipinski definition) is 1. The van der Waals surface area contributed by atoms with E-state index < -0.39 is 0 Å². The number of aryl methyl sites for hydroxylation is 1. The van der Waals surface area contributed by atoms with Gasteiger partial charge in [-0.25, -0.2) is 0 Å². The maximum atomic E-state index is 9.21. The van der Waals surface area contributed by atoms with Gasteiger partial charge in [0.1, 0.15) is 0 Å². The second kappa shape index (κ2) is 3.51. The van der Waals surface area contributed by atoms with Gasteiger partial charge in [-0.05, 0) is 23.5 Å². The Morgan fingerprint density at radius 2 is 1.85 bits per heavy atom. The zero-order valence-corrected chi connectivity index (χ0v) is 8.89. The van der Waals surface area contributed by atoms with Crippen molar-refractivity contribution in [3.8, 4) is 0 Å². The minimum atomic E-state index is 0.117. The van der Waals surface area contributed by atoms with Crippen molar-refractivity contribution in [1.29, 1.82) is 0 Å². The van der Waals surface area contributed by atoms with E-state index in [1.54, 1.807) is 0 Å². The minimum absolute atomic E-state index is 0.117. The third-order valence-electron chi connectivity index (χ3n) is 2.24. The van der Waals surface area contributed by atoms with Gasteiger partial charge >= 0.3 is 0 Å². The van der Waals surface area contributed by atoms with Crippen molar-refractivity contribution in [1.82, 2.24) is 0 Å². The molecule has 1 rings (SSSR count). The van der Waals surface area contributed by atoms with Crippen LogP contribution in [0.4, 0.5) is 0 Å². The molecule has 1 aromatic carbocycles. The Morgan fingerprint density at radius 1 is 1.23 bits per heavy atom. The lowest BCUT2D eigenvalue weighted by Gasteiger charge is -2.22. The van der Waals surface area contributed by atoms with Gasteiger partial charge in [0, 0.05) is 0 Å². The maximum absolute atomic E-state index is 9.21. The standard InChI is InChI=1S/C12H18O/c1-9-5-6-11(12(2,3)4)10(7-9)8-13/h5-7,13H,8H2,1-4H3. The fraction of sp³-hybridized carbons (Fsp3) is 0.500. The largest absolute Gasteiger partial charge is 0.392 e. The molecule has 0 saturated carbocycles. The van der Waals surface area contributed by atoms with Gasteiger partial charge in [-0.15, -0.1) is 0 Å². The van der Waals surface area contributed by atoms with Gasteiger partial charge in [0.25, 0.3) is 0 Å². The molecule has 0 spiro atoms. The van der Waals surface area contributed by atoms with Crippen molar-refractivity contribution in [2.75, 3.05) is 0 Å². The highest BCUT2D eigenvalue weighted by atomic mass is 16.3. The Bertz CT molecular complexity index is 294. The third-order valence-corrected chi connectivity index (χ3v) is 2.24. The predicted octanol–water partition coefficient (Wildman–Crippen LogP) is 2.78. The molecule has 0 aliphatic rings. The monoisotopic (exact) mass is 178 g/mol. The first kappa shape index (κ1) is 10.3. The number of aliphatic hydroxyl groups is 1. The molecular weight excluding hydrogens is 160 g/mol. The molecule has 0 bridgehead atoms. The minimum Gasteiger partial charge on any atom is -0.392 e. The molecule has 0 fully saturated rings. The molecule has 72 valence electrons. The normalized spacial score (nSPS) is 11.8. The zero-order chi connectivity index (χ0) is 10.1. The van der Waals surface area contributed by atoms with Crippen molar-refractivity contribution >= 4 is 0 Å². The van der Waals surface area contributed by atoms with Crippen molar-refractivity contribution in [2.45, 2.75) is 39.7 Å². The van der Waals surface area contributed by atoms with Crippen LogP contribution < -0.4 is 0 Å². The Labute approximate surface area is 80.4 Å². The van der Waals surface area contributed by atoms with Crippen molar-refractivity contribution in [3.05, 3.63) is 34.9 Å². The van der Waals surface area contributed by atoms with E-state index in [1.165, 1.54) is 11.1 Å². The van der Waals surface area contributed by atoms with E-state index in [-0.39, 0.29) is 12.0 Å². The van der Waals surface area contributed by atoms with Crippen LogP contribution in [0.2, 0.25) is 0 Å². The maximum Gasteiger partial charge on any atom is 0.0684 e. The second-order valence-electron chi connectivity index (χ2n) is 4.57. The van der Waals surface area contributed by atoms with Gasteiger partial charge in [0.05, 0.1) is 6.61 Å². The average Bonchev–Trinajstić information content (AvgIpc) is 2.01. The summed E-state index contributed by atoms with van der Waals surface area (Å²) in [6, 6.07) is 6.27. The van der Waals surface area contributed by atoms with E-state index in [4.69, 9.17) is 0 Å². The fourth-order valence-electron chi connectivity index (χ4n) is 1.58. The van der Waals surface area contributed by atoms with Crippen LogP contribution in [0.25, 0.3) is 0 Å². The topological polar surface area (TPSA) is 20.2 Å². The summed E-state index contributed by atoms with van der Waals surface area (Å²) < 4.78 is 0. The Kier molecular flexibility index (Phi) is 2.77. The van der Waals surface area contributed by atoms with Gasteiger partial charge in [-0.3, -0.25) is 0 Å². The van der Waals surface area contributed by atoms with E-state index in [0.29, 0.717) is 0 Å². The first-order chi connectivity index (χ1) is 5.95. The molecule has 13 heavy (non-hydrogen) atoms. The average molecular weight is 178 g/mol. The molecule has 0 amide bonds. The van der Waals surface area contributed by atoms with Crippen LogP contribution in [0.15, 0.2) is 18.2 Å². The lowest BCUT2D eigenvalue weighted by molar-refractivity contribution is 0.278. The summed E-state index contributed by atoms with van der Waals surface area (Å²) in [5, 5.41) is 9.21. The van der Waals surface area contributed by atoms with Crippen molar-refractivity contribution in [2.24, 2.45) is 0 Å². The van der Waals surface area contributed by atoms with E-state index >= 15 is 0 Å². The van der Waals surface area contributed by atoms with Gasteiger partial charge in [0.15, 0.2) is 0 Å². The molecule has 0 saturated heterocycles. The highest BCUT2D eigenvalue weighted by molar-refractivity contribution is 5.35. The van der Waals surface area contributed by atoms with Crippen LogP contribution in [0.3, 0.4) is 0 Å². The van der Waals surface area contributed by atoms with E-state index in [9.17, 15) is 5.11 Å². The summed E-state index contributed by atoms with van der Waals surface area (Å²) in [7, 11) is 0. The fourth-order valence-corrected chi connectivity index (χ4v) is 1.58. The summed E-state index contributed by atoms with van der Waals surface area (Å²) in [5.74, 6) is 0. The molecule has 0 aliphatic heterocycles. The molecule has 0 atom stereocenters. The summed E-state index contributed by atoms with van der Waals surface area (Å²) in [6.45, 7) is 8.67. The van der Waals surface area contributed by atoms with Crippen LogP contribution in [-0.2, 0) is 12.0 Å². The summed E-state index contributed by atoms with van der Waals surface area (Å²) in [4.78, 5) is 0. The summed E-state index contributed by atoms with van der Waals surface area (Å²) in [6.07, 6.45) is 0. The first-order valence-electron chi connectivity index (χ1n) is 4.66. The molecule has 0 heterocycles. The number of aliphatic hydroxyl groups excluding tert-OH is 1. The van der Waals surface area contributed by atoms with Gasteiger partial charge < -0.3 is 5.11 Å². The Hall–Kier alpha value is -0.820. The highest BCUT2D eigenvalue weighted by Gasteiger charge is 2.16. The molecule has 0 unspecified atom stereocenters. The van der Waals surface area contributed by atoms with Crippen LogP contribution >= 0.6 is 0 Å². The van der Waals surface area contributed by atoms with Gasteiger partial charge in [-0.2, -0.15) is 0 Å². The lowest BCUT2D eigenvalue weighted by atomic mass is 9.83. The van der Waals surface area contributed by atoms with Gasteiger partial charge in [0.2, 0.25) is 0 Å². The molecule has 0 aliphatic carbocycles. The predicted molar refractivity (Wildman–Crippen MR) is 55.8 cm³/mol. The molecular formula is C12H18O. The number of hydrogen-bond acceptors (Lipinski definition) is 1. The van der Waals surface area contributed by atoms with E-state index in [2.05, 4.69) is 39.0 Å². The SMILES string of the molecule is Cc1ccc(C(C)(C)C)c(CO)c1.